The summed E-state index contributed by atoms with van der Waals surface area (Å²) in [6.07, 6.45) is 5.16. The maximum Gasteiger partial charge on any atom is -1.00 e. The van der Waals surface area contributed by atoms with Gasteiger partial charge in [0, 0.05) is 0 Å². The van der Waals surface area contributed by atoms with Crippen molar-refractivity contribution >= 4 is 30.0 Å². The van der Waals surface area contributed by atoms with Crippen molar-refractivity contribution in [2.24, 2.45) is 11.8 Å². The minimum absolute atomic E-state index is 0. The summed E-state index contributed by atoms with van der Waals surface area (Å²) in [4.78, 5) is 0. The van der Waals surface area contributed by atoms with E-state index in [1.807, 2.05) is 6.66 Å². The molecule has 2 aliphatic rings. The average Bonchev–Trinajstić information content (AvgIpc) is 3.47. The summed E-state index contributed by atoms with van der Waals surface area (Å²) in [5.41, 5.74) is 8.79. The van der Waals surface area contributed by atoms with Crippen molar-refractivity contribution in [2.75, 3.05) is 0 Å². The van der Waals surface area contributed by atoms with Crippen molar-refractivity contribution < 1.29 is 43.2 Å². The fourth-order valence-corrected chi connectivity index (χ4v) is 61.8. The molecule has 0 heterocycles. The molecule has 4 aromatic rings. The number of rotatable bonds is 6. The van der Waals surface area contributed by atoms with Crippen LogP contribution >= 0.6 is 0 Å². The first-order valence-electron chi connectivity index (χ1n) is 14.4. The molecule has 0 saturated heterocycles. The van der Waals surface area contributed by atoms with Gasteiger partial charge >= 0.3 is 250 Å². The number of halogens is 2. The van der Waals surface area contributed by atoms with Gasteiger partial charge in [-0.3, -0.25) is 0 Å². The monoisotopic (exact) mass is 816 g/mol. The number of allylic oxidation sites excluding steroid dienone is 8. The summed E-state index contributed by atoms with van der Waals surface area (Å²) in [5, 5.41) is 0. The van der Waals surface area contributed by atoms with Crippen LogP contribution in [0.5, 0.6) is 0 Å². The van der Waals surface area contributed by atoms with E-state index < -0.39 is 28.4 Å². The molecule has 4 heteroatoms. The van der Waals surface area contributed by atoms with Crippen molar-refractivity contribution in [1.29, 1.82) is 0 Å². The van der Waals surface area contributed by atoms with Crippen LogP contribution in [-0.4, -0.2) is 10.1 Å². The first kappa shape index (κ1) is 32.7. The Balaban J connectivity index is 0.00000202. The van der Waals surface area contributed by atoms with E-state index in [2.05, 4.69) is 161 Å². The van der Waals surface area contributed by atoms with Crippen LogP contribution in [-0.2, 0) is 18.3 Å². The standard InChI is InChI=1S/2C13H13.C12H10Ge.2ClH.Hf/c2*1-10-8-11(2)13(9-10)12-6-4-3-5-7-12;1-3-7-11(8-4-1)13-12-9-5-2-6-10-12;;;/h2*3-7,9-10H,1-2H3;1-10H;2*1H;/q;;;;;+2/p-2. The van der Waals surface area contributed by atoms with E-state index in [0.29, 0.717) is 11.8 Å². The Hall–Kier alpha value is -2.17. The third-order valence-corrected chi connectivity index (χ3v) is 52.5. The summed E-state index contributed by atoms with van der Waals surface area (Å²) in [6.45, 7) is 9.84. The molecule has 0 amide bonds. The summed E-state index contributed by atoms with van der Waals surface area (Å²) in [5.74, 6) is 0.973. The third kappa shape index (κ3) is 6.36. The van der Waals surface area contributed by atoms with E-state index in [0.717, 1.165) is 0 Å². The molecular formula is C38H36Cl2GeHf. The van der Waals surface area contributed by atoms with E-state index in [4.69, 9.17) is 0 Å². The normalized spacial score (nSPS) is 17.5. The van der Waals surface area contributed by atoms with Gasteiger partial charge in [-0.2, -0.15) is 0 Å². The summed E-state index contributed by atoms with van der Waals surface area (Å²) in [6, 6.07) is 45.4. The molecule has 0 aliphatic heterocycles. The molecule has 210 valence electrons. The fraction of sp³-hybridized carbons (Fsp3) is 0.158. The molecule has 42 heavy (non-hydrogen) atoms. The summed E-state index contributed by atoms with van der Waals surface area (Å²) in [7, 11) is -1.93. The third-order valence-electron chi connectivity index (χ3n) is 8.44. The zero-order valence-electron chi connectivity index (χ0n) is 24.6. The Labute approximate surface area is 272 Å². The van der Waals surface area contributed by atoms with Gasteiger partial charge in [0.05, 0.1) is 0 Å². The van der Waals surface area contributed by atoms with E-state index >= 15 is 0 Å². The number of hydrogen-bond donors (Lipinski definition) is 0. The molecule has 0 spiro atoms. The zero-order chi connectivity index (χ0) is 27.6. The zero-order valence-corrected chi connectivity index (χ0v) is 31.8. The van der Waals surface area contributed by atoms with Crippen LogP contribution in [0, 0.1) is 11.8 Å². The fourth-order valence-electron chi connectivity index (χ4n) is 6.66. The average molecular weight is 815 g/mol. The SMILES string of the molecule is CC1=[C]([Hf+2]([C]2=C(C)C(c3ccccc3)=CC2C)=[Ge]([c]2ccccc2)[c]2ccccc2)C(C)C=C1c1ccccc1.[Cl-].[Cl-]. The molecule has 6 rings (SSSR count). The molecule has 2 aliphatic carbocycles. The second-order valence-corrected chi connectivity index (χ2v) is 39.5. The van der Waals surface area contributed by atoms with Gasteiger partial charge in [-0.15, -0.1) is 0 Å². The first-order valence-corrected chi connectivity index (χ1v) is 30.4. The number of benzene rings is 4. The van der Waals surface area contributed by atoms with E-state index in [9.17, 15) is 0 Å². The van der Waals surface area contributed by atoms with Gasteiger partial charge < -0.3 is 24.8 Å². The maximum atomic E-state index is 2.58. The van der Waals surface area contributed by atoms with Gasteiger partial charge in [0.25, 0.3) is 0 Å². The smallest absolute Gasteiger partial charge is 1.00 e. The van der Waals surface area contributed by atoms with Gasteiger partial charge in [-0.1, -0.05) is 0 Å². The Kier molecular flexibility index (Phi) is 11.3. The van der Waals surface area contributed by atoms with Crippen molar-refractivity contribution in [1.82, 2.24) is 0 Å². The molecule has 0 radical (unpaired) electrons. The van der Waals surface area contributed by atoms with E-state index in [1.165, 1.54) is 22.3 Å². The van der Waals surface area contributed by atoms with Crippen molar-refractivity contribution in [3.05, 3.63) is 162 Å². The summed E-state index contributed by atoms with van der Waals surface area (Å²) >= 11 is -2.73. The predicted octanol–water partition coefficient (Wildman–Crippen LogP) is 2.43. The molecule has 0 N–H and O–H groups in total. The molecule has 0 saturated carbocycles. The van der Waals surface area contributed by atoms with Crippen LogP contribution in [0.2, 0.25) is 0 Å². The summed E-state index contributed by atoms with van der Waals surface area (Å²) < 4.78 is 6.96. The maximum absolute atomic E-state index is 2.73. The van der Waals surface area contributed by atoms with E-state index in [-0.39, 0.29) is 24.8 Å². The second-order valence-electron chi connectivity index (χ2n) is 11.0. The van der Waals surface area contributed by atoms with Gasteiger partial charge in [0.1, 0.15) is 0 Å². The van der Waals surface area contributed by atoms with E-state index in [1.54, 1.807) is 19.9 Å². The minimum Gasteiger partial charge on any atom is -1.00 e. The largest absolute Gasteiger partial charge is 1.00 e. The molecule has 0 fully saturated rings. The van der Waals surface area contributed by atoms with Crippen LogP contribution in [0.25, 0.3) is 11.1 Å². The van der Waals surface area contributed by atoms with Crippen LogP contribution in [0.1, 0.15) is 38.8 Å². The van der Waals surface area contributed by atoms with Crippen molar-refractivity contribution in [3.8, 4) is 0 Å². The quantitative estimate of drug-likeness (QED) is 0.263. The topological polar surface area (TPSA) is 0 Å². The Morgan fingerprint density at radius 3 is 1.12 bits per heavy atom. The van der Waals surface area contributed by atoms with Gasteiger partial charge in [-0.25, -0.2) is 0 Å². The second kappa shape index (κ2) is 14.5. The molecule has 0 nitrogen and oxygen atoms in total. The predicted molar refractivity (Wildman–Crippen MR) is 170 cm³/mol. The molecule has 4 aromatic carbocycles. The first-order chi connectivity index (χ1) is 19.5. The van der Waals surface area contributed by atoms with Gasteiger partial charge in [0.2, 0.25) is 0 Å². The molecule has 0 aromatic heterocycles. The van der Waals surface area contributed by atoms with Crippen LogP contribution in [0.3, 0.4) is 0 Å². The van der Waals surface area contributed by atoms with Gasteiger partial charge in [-0.05, 0) is 0 Å². The van der Waals surface area contributed by atoms with Crippen LogP contribution in [0.4, 0.5) is 0 Å². The molecular weight excluding hydrogens is 778 g/mol. The Morgan fingerprint density at radius 2 is 0.786 bits per heavy atom. The molecule has 0 bridgehead atoms. The number of hydrogen-bond acceptors (Lipinski definition) is 0. The Bertz CT molecular complexity index is 1570. The van der Waals surface area contributed by atoms with Crippen molar-refractivity contribution in [3.63, 3.8) is 0 Å². The minimum atomic E-state index is -2.73. The van der Waals surface area contributed by atoms with Crippen LogP contribution in [0.15, 0.2) is 151 Å². The molecule has 2 atom stereocenters. The molecule has 2 unspecified atom stereocenters. The van der Waals surface area contributed by atoms with Gasteiger partial charge in [0.15, 0.2) is 0 Å². The Morgan fingerprint density at radius 1 is 0.476 bits per heavy atom. The van der Waals surface area contributed by atoms with Crippen molar-refractivity contribution in [2.45, 2.75) is 27.7 Å². The van der Waals surface area contributed by atoms with Crippen LogP contribution < -0.4 is 33.6 Å².